The van der Waals surface area contributed by atoms with Crippen LogP contribution in [0.2, 0.25) is 0 Å². The molecule has 0 saturated heterocycles. The minimum absolute atomic E-state index is 1.03. The Morgan fingerprint density at radius 1 is 1.08 bits per heavy atom. The monoisotopic (exact) mass is 223 g/mol. The van der Waals surface area contributed by atoms with Crippen LogP contribution >= 0.6 is 15.9 Å². The van der Waals surface area contributed by atoms with E-state index >= 15 is 0 Å². The zero-order valence-electron chi connectivity index (χ0n) is 6.70. The van der Waals surface area contributed by atoms with E-state index < -0.39 is 0 Å². The van der Waals surface area contributed by atoms with Gasteiger partial charge in [0.15, 0.2) is 0 Å². The maximum atomic E-state index is 3.54. The van der Waals surface area contributed by atoms with Gasteiger partial charge in [-0.25, -0.2) is 0 Å². The zero-order valence-corrected chi connectivity index (χ0v) is 8.29. The topological polar surface area (TPSA) is 3.24 Å². The number of nitrogens with zero attached hydrogens (tertiary/aromatic N) is 1. The molecule has 1 heterocycles. The highest BCUT2D eigenvalue weighted by molar-refractivity contribution is 9.10. The summed E-state index contributed by atoms with van der Waals surface area (Å²) in [7, 11) is 0. The van der Waals surface area contributed by atoms with Gasteiger partial charge in [-0.1, -0.05) is 24.3 Å². The van der Waals surface area contributed by atoms with Crippen LogP contribution in [0.15, 0.2) is 40.9 Å². The predicted molar refractivity (Wildman–Crippen MR) is 55.5 cm³/mol. The number of hydrogen-bond donors (Lipinski definition) is 0. The molecule has 12 heavy (non-hydrogen) atoms. The van der Waals surface area contributed by atoms with Crippen molar-refractivity contribution in [3.63, 3.8) is 0 Å². The van der Waals surface area contributed by atoms with Crippen molar-refractivity contribution in [2.45, 2.75) is 0 Å². The van der Waals surface area contributed by atoms with E-state index in [1.54, 1.807) is 0 Å². The van der Waals surface area contributed by atoms with Crippen LogP contribution in [0, 0.1) is 0 Å². The summed E-state index contributed by atoms with van der Waals surface area (Å²) in [5.41, 5.74) is 1.28. The van der Waals surface area contributed by atoms with Gasteiger partial charge < -0.3 is 4.90 Å². The summed E-state index contributed by atoms with van der Waals surface area (Å²) in [6.07, 6.45) is 4.39. The lowest BCUT2D eigenvalue weighted by molar-refractivity contribution is 1.00. The standard InChI is InChI=1S/C10H10BrN/c11-9-5-1-2-6-10(9)12-7-3-4-8-12/h1-6H,7-8H2. The summed E-state index contributed by atoms with van der Waals surface area (Å²) in [4.78, 5) is 2.32. The number of anilines is 1. The number of para-hydroxylation sites is 1. The maximum absolute atomic E-state index is 3.54. The summed E-state index contributed by atoms with van der Waals surface area (Å²) in [6, 6.07) is 8.32. The second kappa shape index (κ2) is 3.31. The summed E-state index contributed by atoms with van der Waals surface area (Å²) >= 11 is 3.54. The second-order valence-electron chi connectivity index (χ2n) is 2.83. The zero-order chi connectivity index (χ0) is 8.39. The quantitative estimate of drug-likeness (QED) is 0.663. The molecule has 0 aromatic heterocycles. The molecule has 0 saturated carbocycles. The first-order valence-electron chi connectivity index (χ1n) is 4.02. The van der Waals surface area contributed by atoms with Gasteiger partial charge in [0, 0.05) is 17.6 Å². The molecule has 0 atom stereocenters. The van der Waals surface area contributed by atoms with Gasteiger partial charge >= 0.3 is 0 Å². The molecule has 2 rings (SSSR count). The van der Waals surface area contributed by atoms with E-state index in [-0.39, 0.29) is 0 Å². The Morgan fingerprint density at radius 3 is 2.42 bits per heavy atom. The maximum Gasteiger partial charge on any atom is 0.0516 e. The van der Waals surface area contributed by atoms with Crippen molar-refractivity contribution in [2.75, 3.05) is 18.0 Å². The average molecular weight is 224 g/mol. The van der Waals surface area contributed by atoms with E-state index in [0.717, 1.165) is 13.1 Å². The number of halogens is 1. The smallest absolute Gasteiger partial charge is 0.0516 e. The molecule has 0 radical (unpaired) electrons. The van der Waals surface area contributed by atoms with Gasteiger partial charge in [-0.2, -0.15) is 0 Å². The fourth-order valence-corrected chi connectivity index (χ4v) is 1.92. The summed E-state index contributed by atoms with van der Waals surface area (Å²) < 4.78 is 1.17. The molecule has 0 N–H and O–H groups in total. The highest BCUT2D eigenvalue weighted by Crippen LogP contribution is 2.26. The van der Waals surface area contributed by atoms with Crippen LogP contribution in [-0.2, 0) is 0 Å². The summed E-state index contributed by atoms with van der Waals surface area (Å²) in [6.45, 7) is 2.06. The van der Waals surface area contributed by atoms with Crippen molar-refractivity contribution in [1.29, 1.82) is 0 Å². The summed E-state index contributed by atoms with van der Waals surface area (Å²) in [5.74, 6) is 0. The molecule has 0 fully saturated rings. The lowest BCUT2D eigenvalue weighted by atomic mass is 10.3. The van der Waals surface area contributed by atoms with Crippen LogP contribution in [-0.4, -0.2) is 13.1 Å². The molecule has 1 nitrogen and oxygen atoms in total. The molecule has 1 aliphatic heterocycles. The van der Waals surface area contributed by atoms with Crippen LogP contribution in [0.25, 0.3) is 0 Å². The molecule has 0 bridgehead atoms. The third-order valence-corrected chi connectivity index (χ3v) is 2.68. The lowest BCUT2D eigenvalue weighted by Gasteiger charge is -2.18. The fraction of sp³-hybridized carbons (Fsp3) is 0.200. The van der Waals surface area contributed by atoms with Crippen molar-refractivity contribution in [2.24, 2.45) is 0 Å². The molecule has 0 amide bonds. The van der Waals surface area contributed by atoms with Crippen LogP contribution < -0.4 is 4.90 Å². The molecular formula is C10H10BrN. The molecule has 1 aromatic carbocycles. The van der Waals surface area contributed by atoms with Gasteiger partial charge in [0.1, 0.15) is 0 Å². The first kappa shape index (κ1) is 7.87. The Bertz CT molecular complexity index is 298. The SMILES string of the molecule is Brc1ccccc1N1CC=CC1. The molecule has 2 heteroatoms. The first-order chi connectivity index (χ1) is 5.88. The highest BCUT2D eigenvalue weighted by Gasteiger charge is 2.09. The van der Waals surface area contributed by atoms with E-state index in [2.05, 4.69) is 51.2 Å². The largest absolute Gasteiger partial charge is 0.363 e. The Balaban J connectivity index is 2.27. The number of hydrogen-bond acceptors (Lipinski definition) is 1. The van der Waals surface area contributed by atoms with Crippen molar-refractivity contribution >= 4 is 21.6 Å². The number of benzene rings is 1. The molecule has 0 spiro atoms. The van der Waals surface area contributed by atoms with Gasteiger partial charge in [-0.15, -0.1) is 0 Å². The fourth-order valence-electron chi connectivity index (χ4n) is 1.38. The van der Waals surface area contributed by atoms with Crippen molar-refractivity contribution in [3.8, 4) is 0 Å². The Morgan fingerprint density at radius 2 is 1.75 bits per heavy atom. The van der Waals surface area contributed by atoms with E-state index in [9.17, 15) is 0 Å². The normalized spacial score (nSPS) is 15.6. The van der Waals surface area contributed by atoms with Crippen LogP contribution in [0.3, 0.4) is 0 Å². The van der Waals surface area contributed by atoms with Crippen molar-refractivity contribution < 1.29 is 0 Å². The van der Waals surface area contributed by atoms with Gasteiger partial charge in [0.2, 0.25) is 0 Å². The van der Waals surface area contributed by atoms with Crippen LogP contribution in [0.1, 0.15) is 0 Å². The second-order valence-corrected chi connectivity index (χ2v) is 3.68. The molecule has 1 aromatic rings. The minimum atomic E-state index is 1.03. The molecule has 0 aliphatic carbocycles. The molecule has 0 unspecified atom stereocenters. The predicted octanol–water partition coefficient (Wildman–Crippen LogP) is 2.83. The Kier molecular flexibility index (Phi) is 2.17. The van der Waals surface area contributed by atoms with E-state index in [1.165, 1.54) is 10.2 Å². The molecule has 62 valence electrons. The number of rotatable bonds is 1. The molecule has 1 aliphatic rings. The van der Waals surface area contributed by atoms with Crippen molar-refractivity contribution in [3.05, 3.63) is 40.9 Å². The lowest BCUT2D eigenvalue weighted by Crippen LogP contribution is -2.18. The average Bonchev–Trinajstić information content (AvgIpc) is 2.57. The highest BCUT2D eigenvalue weighted by atomic mass is 79.9. The molecular weight excluding hydrogens is 214 g/mol. The van der Waals surface area contributed by atoms with Gasteiger partial charge in [-0.3, -0.25) is 0 Å². The Hall–Kier alpha value is -0.760. The third kappa shape index (κ3) is 1.39. The minimum Gasteiger partial charge on any atom is -0.363 e. The third-order valence-electron chi connectivity index (χ3n) is 2.01. The van der Waals surface area contributed by atoms with Crippen molar-refractivity contribution in [1.82, 2.24) is 0 Å². The van der Waals surface area contributed by atoms with E-state index in [0.29, 0.717) is 0 Å². The van der Waals surface area contributed by atoms with Crippen LogP contribution in [0.4, 0.5) is 5.69 Å². The first-order valence-corrected chi connectivity index (χ1v) is 4.82. The Labute approximate surface area is 80.8 Å². The van der Waals surface area contributed by atoms with Gasteiger partial charge in [0.05, 0.1) is 5.69 Å². The van der Waals surface area contributed by atoms with Gasteiger partial charge in [0.25, 0.3) is 0 Å². The van der Waals surface area contributed by atoms with E-state index in [1.807, 2.05) is 6.07 Å². The van der Waals surface area contributed by atoms with Gasteiger partial charge in [-0.05, 0) is 28.1 Å². The van der Waals surface area contributed by atoms with E-state index in [4.69, 9.17) is 0 Å². The van der Waals surface area contributed by atoms with Crippen LogP contribution in [0.5, 0.6) is 0 Å². The summed E-state index contributed by atoms with van der Waals surface area (Å²) in [5, 5.41) is 0.